The van der Waals surface area contributed by atoms with Crippen molar-refractivity contribution in [2.24, 2.45) is 0 Å². The molecule has 3 aromatic rings. The van der Waals surface area contributed by atoms with Gasteiger partial charge >= 0.3 is 0 Å². The lowest BCUT2D eigenvalue weighted by atomic mass is 10.1. The van der Waals surface area contributed by atoms with Crippen LogP contribution in [0.5, 0.6) is 11.5 Å². The first-order chi connectivity index (χ1) is 13.1. The van der Waals surface area contributed by atoms with E-state index < -0.39 is 0 Å². The van der Waals surface area contributed by atoms with Crippen molar-refractivity contribution in [1.29, 1.82) is 0 Å². The summed E-state index contributed by atoms with van der Waals surface area (Å²) in [7, 11) is 3.30. The molecule has 0 saturated heterocycles. The fraction of sp³-hybridized carbons (Fsp3) is 0.227. The van der Waals surface area contributed by atoms with Gasteiger partial charge in [0.2, 0.25) is 0 Å². The molecular formula is C22H23FN2O2. The largest absolute Gasteiger partial charge is 0.497 e. The van der Waals surface area contributed by atoms with Crippen LogP contribution in [-0.4, -0.2) is 19.2 Å². The smallest absolute Gasteiger partial charge is 0.144 e. The number of nitrogens with zero attached hydrogens (tertiary/aromatic N) is 2. The number of benzene rings is 2. The van der Waals surface area contributed by atoms with E-state index in [0.29, 0.717) is 18.7 Å². The molecule has 0 atom stereocenters. The molecule has 0 amide bonds. The number of hydrogen-bond donors (Lipinski definition) is 0. The van der Waals surface area contributed by atoms with Crippen LogP contribution in [0.15, 0.2) is 60.8 Å². The maximum absolute atomic E-state index is 13.7. The van der Waals surface area contributed by atoms with Crippen LogP contribution in [-0.2, 0) is 13.1 Å². The minimum atomic E-state index is -0.299. The minimum Gasteiger partial charge on any atom is -0.497 e. The second-order valence-electron chi connectivity index (χ2n) is 6.34. The molecule has 0 unspecified atom stereocenters. The highest BCUT2D eigenvalue weighted by Crippen LogP contribution is 2.22. The Hall–Kier alpha value is -3.08. The third-order valence-corrected chi connectivity index (χ3v) is 4.42. The Kier molecular flexibility index (Phi) is 5.91. The van der Waals surface area contributed by atoms with E-state index in [0.717, 1.165) is 28.4 Å². The van der Waals surface area contributed by atoms with Crippen LogP contribution in [0.2, 0.25) is 0 Å². The number of aryl methyl sites for hydroxylation is 1. The molecule has 1 aromatic heterocycles. The monoisotopic (exact) mass is 366 g/mol. The van der Waals surface area contributed by atoms with Gasteiger partial charge in [-0.15, -0.1) is 0 Å². The first-order valence-corrected chi connectivity index (χ1v) is 8.72. The molecule has 1 heterocycles. The van der Waals surface area contributed by atoms with Crippen LogP contribution in [0.4, 0.5) is 10.2 Å². The molecule has 2 aromatic carbocycles. The minimum absolute atomic E-state index is 0.299. The Labute approximate surface area is 159 Å². The number of aromatic nitrogens is 1. The van der Waals surface area contributed by atoms with Gasteiger partial charge in [-0.25, -0.2) is 9.37 Å². The average molecular weight is 366 g/mol. The lowest BCUT2D eigenvalue weighted by Crippen LogP contribution is -2.23. The number of ether oxygens (including phenoxy) is 2. The fourth-order valence-electron chi connectivity index (χ4n) is 2.82. The topological polar surface area (TPSA) is 34.6 Å². The van der Waals surface area contributed by atoms with Crippen molar-refractivity contribution in [3.63, 3.8) is 0 Å². The molecule has 5 heteroatoms. The molecular weight excluding hydrogens is 343 g/mol. The highest BCUT2D eigenvalue weighted by molar-refractivity contribution is 5.44. The van der Waals surface area contributed by atoms with Gasteiger partial charge < -0.3 is 14.4 Å². The van der Waals surface area contributed by atoms with E-state index in [4.69, 9.17) is 9.47 Å². The van der Waals surface area contributed by atoms with E-state index >= 15 is 0 Å². The molecule has 0 aliphatic carbocycles. The highest BCUT2D eigenvalue weighted by atomic mass is 19.1. The lowest BCUT2D eigenvalue weighted by molar-refractivity contribution is 0.414. The van der Waals surface area contributed by atoms with Gasteiger partial charge in [0.15, 0.2) is 0 Å². The van der Waals surface area contributed by atoms with Crippen LogP contribution in [0.25, 0.3) is 0 Å². The zero-order chi connectivity index (χ0) is 19.2. The fourth-order valence-corrected chi connectivity index (χ4v) is 2.82. The normalized spacial score (nSPS) is 10.5. The van der Waals surface area contributed by atoms with E-state index in [-0.39, 0.29) is 5.82 Å². The Bertz CT molecular complexity index is 830. The number of rotatable bonds is 7. The predicted octanol–water partition coefficient (Wildman–Crippen LogP) is 4.75. The van der Waals surface area contributed by atoms with Crippen LogP contribution in [0, 0.1) is 12.7 Å². The molecule has 4 nitrogen and oxygen atoms in total. The molecule has 3 rings (SSSR count). The van der Waals surface area contributed by atoms with Crippen LogP contribution in [0.3, 0.4) is 0 Å². The van der Waals surface area contributed by atoms with Gasteiger partial charge in [0, 0.05) is 13.1 Å². The summed E-state index contributed by atoms with van der Waals surface area (Å²) in [5.41, 5.74) is 2.82. The Morgan fingerprint density at radius 2 is 1.33 bits per heavy atom. The first-order valence-electron chi connectivity index (χ1n) is 8.72. The van der Waals surface area contributed by atoms with Gasteiger partial charge in [-0.2, -0.15) is 0 Å². The molecule has 27 heavy (non-hydrogen) atoms. The second kappa shape index (κ2) is 8.54. The van der Waals surface area contributed by atoms with Gasteiger partial charge in [0.25, 0.3) is 0 Å². The molecule has 140 valence electrons. The van der Waals surface area contributed by atoms with E-state index in [2.05, 4.69) is 9.88 Å². The standard InChI is InChI=1S/C22H23FN2O2/c1-16-12-22(24-13-21(16)23)25(14-17-4-8-19(26-2)9-5-17)15-18-6-10-20(27-3)11-7-18/h4-13H,14-15H2,1-3H3. The summed E-state index contributed by atoms with van der Waals surface area (Å²) in [6.07, 6.45) is 1.28. The molecule has 0 N–H and O–H groups in total. The number of anilines is 1. The van der Waals surface area contributed by atoms with Gasteiger partial charge in [0.1, 0.15) is 23.1 Å². The summed E-state index contributed by atoms with van der Waals surface area (Å²) >= 11 is 0. The van der Waals surface area contributed by atoms with Crippen molar-refractivity contribution in [1.82, 2.24) is 4.98 Å². The molecule has 0 fully saturated rings. The van der Waals surface area contributed by atoms with E-state index in [1.807, 2.05) is 48.5 Å². The number of hydrogen-bond acceptors (Lipinski definition) is 4. The second-order valence-corrected chi connectivity index (χ2v) is 6.34. The van der Waals surface area contributed by atoms with Crippen molar-refractivity contribution in [3.05, 3.63) is 83.3 Å². The number of methoxy groups -OCH3 is 2. The average Bonchev–Trinajstić information content (AvgIpc) is 2.70. The zero-order valence-corrected chi connectivity index (χ0v) is 15.8. The number of pyridine rings is 1. The third kappa shape index (κ3) is 4.76. The zero-order valence-electron chi connectivity index (χ0n) is 15.8. The first kappa shape index (κ1) is 18.7. The summed E-state index contributed by atoms with van der Waals surface area (Å²) < 4.78 is 24.1. The van der Waals surface area contributed by atoms with Crippen LogP contribution < -0.4 is 14.4 Å². The predicted molar refractivity (Wildman–Crippen MR) is 105 cm³/mol. The molecule has 0 spiro atoms. The highest BCUT2D eigenvalue weighted by Gasteiger charge is 2.12. The van der Waals surface area contributed by atoms with Crippen LogP contribution in [0.1, 0.15) is 16.7 Å². The maximum Gasteiger partial charge on any atom is 0.144 e. The van der Waals surface area contributed by atoms with Crippen molar-refractivity contribution < 1.29 is 13.9 Å². The van der Waals surface area contributed by atoms with Crippen LogP contribution >= 0.6 is 0 Å². The third-order valence-electron chi connectivity index (χ3n) is 4.42. The summed E-state index contributed by atoms with van der Waals surface area (Å²) in [5, 5.41) is 0. The number of halogens is 1. The van der Waals surface area contributed by atoms with Gasteiger partial charge in [-0.3, -0.25) is 0 Å². The van der Waals surface area contributed by atoms with Crippen molar-refractivity contribution in [3.8, 4) is 11.5 Å². The Morgan fingerprint density at radius 3 is 1.74 bits per heavy atom. The Balaban J connectivity index is 1.87. The van der Waals surface area contributed by atoms with E-state index in [9.17, 15) is 4.39 Å². The van der Waals surface area contributed by atoms with Crippen molar-refractivity contribution >= 4 is 5.82 Å². The summed E-state index contributed by atoms with van der Waals surface area (Å²) in [6.45, 7) is 3.04. The van der Waals surface area contributed by atoms with Gasteiger partial charge in [-0.05, 0) is 53.9 Å². The SMILES string of the molecule is COc1ccc(CN(Cc2ccc(OC)cc2)c2cc(C)c(F)cn2)cc1. The molecule has 0 aliphatic heterocycles. The summed E-state index contributed by atoms with van der Waals surface area (Å²) in [6, 6.07) is 17.6. The maximum atomic E-state index is 13.7. The van der Waals surface area contributed by atoms with E-state index in [1.165, 1.54) is 6.20 Å². The Morgan fingerprint density at radius 1 is 0.852 bits per heavy atom. The molecule has 0 bridgehead atoms. The molecule has 0 aliphatic rings. The van der Waals surface area contributed by atoms with Gasteiger partial charge in [-0.1, -0.05) is 24.3 Å². The van der Waals surface area contributed by atoms with E-state index in [1.54, 1.807) is 27.2 Å². The molecule has 0 radical (unpaired) electrons. The summed E-state index contributed by atoms with van der Waals surface area (Å²) in [4.78, 5) is 6.42. The quantitative estimate of drug-likeness (QED) is 0.604. The van der Waals surface area contributed by atoms with Gasteiger partial charge in [0.05, 0.1) is 20.4 Å². The summed E-state index contributed by atoms with van der Waals surface area (Å²) in [5.74, 6) is 2.07. The van der Waals surface area contributed by atoms with Crippen molar-refractivity contribution in [2.45, 2.75) is 20.0 Å². The molecule has 0 saturated carbocycles. The van der Waals surface area contributed by atoms with Crippen molar-refractivity contribution in [2.75, 3.05) is 19.1 Å². The lowest BCUT2D eigenvalue weighted by Gasteiger charge is -2.25.